The van der Waals surface area contributed by atoms with Crippen molar-refractivity contribution in [3.05, 3.63) is 52.6 Å². The van der Waals surface area contributed by atoms with Gasteiger partial charge in [-0.2, -0.15) is 18.3 Å². The van der Waals surface area contributed by atoms with Crippen LogP contribution in [0.15, 0.2) is 24.4 Å². The summed E-state index contributed by atoms with van der Waals surface area (Å²) in [6, 6.07) is 4.18. The van der Waals surface area contributed by atoms with Crippen LogP contribution in [0.4, 0.5) is 17.6 Å². The fourth-order valence-corrected chi connectivity index (χ4v) is 3.79. The number of piperidine rings is 1. The molecule has 6 nitrogen and oxygen atoms in total. The first-order valence-corrected chi connectivity index (χ1v) is 10.5. The van der Waals surface area contributed by atoms with E-state index in [4.69, 9.17) is 0 Å². The largest absolute Gasteiger partial charge is 0.433 e. The van der Waals surface area contributed by atoms with E-state index >= 15 is 0 Å². The van der Waals surface area contributed by atoms with Gasteiger partial charge in [-0.05, 0) is 50.8 Å². The maximum atomic E-state index is 13.6. The molecule has 1 aromatic heterocycles. The third kappa shape index (κ3) is 5.11. The molecule has 10 heteroatoms. The van der Waals surface area contributed by atoms with E-state index in [0.29, 0.717) is 24.0 Å². The number of benzene rings is 1. The summed E-state index contributed by atoms with van der Waals surface area (Å²) in [6.07, 6.45) is -3.08. The predicted octanol–water partition coefficient (Wildman–Crippen LogP) is 4.10. The van der Waals surface area contributed by atoms with E-state index in [0.717, 1.165) is 10.9 Å². The van der Waals surface area contributed by atoms with Crippen LogP contribution in [0.2, 0.25) is 0 Å². The first-order valence-electron chi connectivity index (χ1n) is 10.5. The minimum absolute atomic E-state index is 0.167. The highest BCUT2D eigenvalue weighted by Crippen LogP contribution is 2.34. The van der Waals surface area contributed by atoms with Crippen LogP contribution < -0.4 is 5.32 Å². The number of hydrogen-bond donors (Lipinski definition) is 1. The van der Waals surface area contributed by atoms with Crippen molar-refractivity contribution in [2.24, 2.45) is 5.92 Å². The van der Waals surface area contributed by atoms with Gasteiger partial charge in [0.15, 0.2) is 5.69 Å². The van der Waals surface area contributed by atoms with E-state index in [-0.39, 0.29) is 37.3 Å². The van der Waals surface area contributed by atoms with Crippen molar-refractivity contribution in [2.75, 3.05) is 13.1 Å². The fraction of sp³-hybridized carbons (Fsp3) is 0.500. The van der Waals surface area contributed by atoms with Gasteiger partial charge in [-0.3, -0.25) is 14.3 Å². The number of hydrogen-bond acceptors (Lipinski definition) is 3. The van der Waals surface area contributed by atoms with Crippen molar-refractivity contribution in [3.63, 3.8) is 0 Å². The SMILES string of the molecule is Cc1ccc(CNC(=O)C2CCN(C(=O)c3cnn(C(C)C)c3C(F)(F)F)CC2)cc1F. The van der Waals surface area contributed by atoms with Crippen LogP contribution in [-0.4, -0.2) is 39.6 Å². The Morgan fingerprint density at radius 2 is 1.88 bits per heavy atom. The molecule has 2 heterocycles. The van der Waals surface area contributed by atoms with Gasteiger partial charge >= 0.3 is 6.18 Å². The average molecular weight is 454 g/mol. The fourth-order valence-electron chi connectivity index (χ4n) is 3.79. The molecule has 0 aliphatic carbocycles. The number of amides is 2. The lowest BCUT2D eigenvalue weighted by Gasteiger charge is -2.31. The van der Waals surface area contributed by atoms with Gasteiger partial charge in [-0.15, -0.1) is 0 Å². The van der Waals surface area contributed by atoms with E-state index in [1.807, 2.05) is 0 Å². The zero-order chi connectivity index (χ0) is 23.6. The van der Waals surface area contributed by atoms with Gasteiger partial charge in [0.05, 0.1) is 11.8 Å². The molecule has 1 aromatic carbocycles. The standard InChI is InChI=1S/C22H26F4N4O2/c1-13(2)30-19(22(24,25)26)17(12-28-30)21(32)29-8-6-16(7-9-29)20(31)27-11-15-5-4-14(3)18(23)10-15/h4-5,10,12-13,16H,6-9,11H2,1-3H3,(H,27,31). The molecule has 0 atom stereocenters. The lowest BCUT2D eigenvalue weighted by atomic mass is 9.95. The number of nitrogens with one attached hydrogen (secondary N) is 1. The lowest BCUT2D eigenvalue weighted by molar-refractivity contribution is -0.145. The first kappa shape index (κ1) is 23.7. The molecule has 0 bridgehead atoms. The van der Waals surface area contributed by atoms with Gasteiger partial charge in [-0.1, -0.05) is 12.1 Å². The third-order valence-electron chi connectivity index (χ3n) is 5.64. The molecule has 1 aliphatic rings. The summed E-state index contributed by atoms with van der Waals surface area (Å²) < 4.78 is 55.1. The predicted molar refractivity (Wildman–Crippen MR) is 109 cm³/mol. The monoisotopic (exact) mass is 454 g/mol. The second kappa shape index (κ2) is 9.30. The number of rotatable bonds is 5. The number of halogens is 4. The maximum Gasteiger partial charge on any atom is 0.433 e. The number of carbonyl (C=O) groups excluding carboxylic acids is 2. The third-order valence-corrected chi connectivity index (χ3v) is 5.64. The molecule has 32 heavy (non-hydrogen) atoms. The van der Waals surface area contributed by atoms with Crippen molar-refractivity contribution in [1.82, 2.24) is 20.0 Å². The Hall–Kier alpha value is -2.91. The van der Waals surface area contributed by atoms with Crippen molar-refractivity contribution in [3.8, 4) is 0 Å². The van der Waals surface area contributed by atoms with E-state index in [2.05, 4.69) is 10.4 Å². The Labute approximate surface area is 183 Å². The topological polar surface area (TPSA) is 67.2 Å². The Balaban J connectivity index is 1.60. The molecule has 2 amide bonds. The molecule has 0 radical (unpaired) electrons. The lowest BCUT2D eigenvalue weighted by Crippen LogP contribution is -2.43. The van der Waals surface area contributed by atoms with Crippen molar-refractivity contribution >= 4 is 11.8 Å². The van der Waals surface area contributed by atoms with Gasteiger partial charge < -0.3 is 10.2 Å². The smallest absolute Gasteiger partial charge is 0.352 e. The average Bonchev–Trinajstić information content (AvgIpc) is 3.20. The van der Waals surface area contributed by atoms with Crippen LogP contribution >= 0.6 is 0 Å². The number of likely N-dealkylation sites (tertiary alicyclic amines) is 1. The van der Waals surface area contributed by atoms with E-state index < -0.39 is 29.4 Å². The summed E-state index contributed by atoms with van der Waals surface area (Å²) in [7, 11) is 0. The van der Waals surface area contributed by atoms with Gasteiger partial charge in [-0.25, -0.2) is 4.39 Å². The quantitative estimate of drug-likeness (QED) is 0.692. The van der Waals surface area contributed by atoms with E-state index in [9.17, 15) is 27.2 Å². The molecule has 1 N–H and O–H groups in total. The van der Waals surface area contributed by atoms with Gasteiger partial charge in [0.1, 0.15) is 5.82 Å². The van der Waals surface area contributed by atoms with Crippen LogP contribution in [0.5, 0.6) is 0 Å². The number of nitrogens with zero attached hydrogens (tertiary/aromatic N) is 3. The Kier molecular flexibility index (Phi) is 6.90. The Bertz CT molecular complexity index is 992. The molecule has 0 saturated carbocycles. The highest BCUT2D eigenvalue weighted by atomic mass is 19.4. The number of aryl methyl sites for hydroxylation is 1. The molecule has 1 fully saturated rings. The molecule has 2 aromatic rings. The van der Waals surface area contributed by atoms with Crippen molar-refractivity contribution < 1.29 is 27.2 Å². The van der Waals surface area contributed by atoms with E-state index in [1.165, 1.54) is 11.0 Å². The zero-order valence-electron chi connectivity index (χ0n) is 18.2. The van der Waals surface area contributed by atoms with E-state index in [1.54, 1.807) is 32.9 Å². The summed E-state index contributed by atoms with van der Waals surface area (Å²) in [4.78, 5) is 26.6. The normalized spacial score (nSPS) is 15.3. The highest BCUT2D eigenvalue weighted by Gasteiger charge is 2.42. The number of aromatic nitrogens is 2. The van der Waals surface area contributed by atoms with Crippen molar-refractivity contribution in [2.45, 2.75) is 52.4 Å². The molecule has 0 spiro atoms. The minimum atomic E-state index is -4.71. The molecule has 0 unspecified atom stereocenters. The number of alkyl halides is 3. The van der Waals surface area contributed by atoms with Gasteiger partial charge in [0.2, 0.25) is 5.91 Å². The van der Waals surface area contributed by atoms with Crippen LogP contribution in [0.25, 0.3) is 0 Å². The molecule has 1 aliphatic heterocycles. The molecule has 174 valence electrons. The van der Waals surface area contributed by atoms with Crippen molar-refractivity contribution in [1.29, 1.82) is 0 Å². The zero-order valence-corrected chi connectivity index (χ0v) is 18.2. The second-order valence-electron chi connectivity index (χ2n) is 8.31. The van der Waals surface area contributed by atoms with Crippen LogP contribution in [0.3, 0.4) is 0 Å². The summed E-state index contributed by atoms with van der Waals surface area (Å²) in [5.74, 6) is -1.67. The molecular formula is C22H26F4N4O2. The molecular weight excluding hydrogens is 428 g/mol. The Morgan fingerprint density at radius 3 is 2.44 bits per heavy atom. The minimum Gasteiger partial charge on any atom is -0.352 e. The van der Waals surface area contributed by atoms with Crippen LogP contribution in [0, 0.1) is 18.7 Å². The number of carbonyl (C=O) groups is 2. The first-order chi connectivity index (χ1) is 15.0. The summed E-state index contributed by atoms with van der Waals surface area (Å²) >= 11 is 0. The summed E-state index contributed by atoms with van der Waals surface area (Å²) in [6.45, 7) is 5.29. The van der Waals surface area contributed by atoms with Crippen LogP contribution in [0.1, 0.15) is 59.9 Å². The molecule has 1 saturated heterocycles. The van der Waals surface area contributed by atoms with Crippen LogP contribution in [-0.2, 0) is 17.5 Å². The maximum absolute atomic E-state index is 13.6. The van der Waals surface area contributed by atoms with Gasteiger partial charge in [0, 0.05) is 31.6 Å². The highest BCUT2D eigenvalue weighted by molar-refractivity contribution is 5.95. The summed E-state index contributed by atoms with van der Waals surface area (Å²) in [5, 5.41) is 6.53. The summed E-state index contributed by atoms with van der Waals surface area (Å²) in [5.41, 5.74) is -0.376. The molecule has 3 rings (SSSR count). The second-order valence-corrected chi connectivity index (χ2v) is 8.31. The Morgan fingerprint density at radius 1 is 1.22 bits per heavy atom. The van der Waals surface area contributed by atoms with Gasteiger partial charge in [0.25, 0.3) is 5.91 Å².